The van der Waals surface area contributed by atoms with Gasteiger partial charge in [0.15, 0.2) is 0 Å². The lowest BCUT2D eigenvalue weighted by molar-refractivity contribution is -0.139. The van der Waals surface area contributed by atoms with Gasteiger partial charge in [0.1, 0.15) is 11.9 Å². The van der Waals surface area contributed by atoms with Crippen LogP contribution in [0.4, 0.5) is 4.39 Å². The molecule has 0 saturated heterocycles. The summed E-state index contributed by atoms with van der Waals surface area (Å²) < 4.78 is 14.1. The van der Waals surface area contributed by atoms with Gasteiger partial charge in [-0.25, -0.2) is 4.39 Å². The van der Waals surface area contributed by atoms with Crippen LogP contribution in [-0.2, 0) is 21.9 Å². The molecule has 1 aliphatic carbocycles. The average Bonchev–Trinajstić information content (AvgIpc) is 2.81. The molecule has 4 nitrogen and oxygen atoms in total. The lowest BCUT2D eigenvalue weighted by Crippen LogP contribution is -2.52. The molecule has 3 rings (SSSR count). The number of thioether (sulfide) groups is 1. The summed E-state index contributed by atoms with van der Waals surface area (Å²) in [5, 5.41) is 3.55. The maximum atomic E-state index is 14.1. The molecule has 0 aromatic heterocycles. The van der Waals surface area contributed by atoms with Crippen LogP contribution >= 0.6 is 23.4 Å². The van der Waals surface area contributed by atoms with Crippen molar-refractivity contribution in [2.24, 2.45) is 0 Å². The monoisotopic (exact) mass is 504 g/mol. The summed E-state index contributed by atoms with van der Waals surface area (Å²) in [6.07, 6.45) is 5.98. The summed E-state index contributed by atoms with van der Waals surface area (Å²) in [6, 6.07) is 12.2. The third-order valence-corrected chi connectivity index (χ3v) is 7.60. The van der Waals surface area contributed by atoms with Crippen molar-refractivity contribution < 1.29 is 14.0 Å². The van der Waals surface area contributed by atoms with E-state index in [2.05, 4.69) is 5.32 Å². The Morgan fingerprint density at radius 1 is 1.18 bits per heavy atom. The van der Waals surface area contributed by atoms with Crippen LogP contribution in [-0.4, -0.2) is 34.6 Å². The number of hydrogen-bond donors (Lipinski definition) is 1. The van der Waals surface area contributed by atoms with Crippen molar-refractivity contribution in [1.82, 2.24) is 10.2 Å². The smallest absolute Gasteiger partial charge is 0.243 e. The summed E-state index contributed by atoms with van der Waals surface area (Å²) >= 11 is 7.45. The van der Waals surface area contributed by atoms with Crippen molar-refractivity contribution in [3.63, 3.8) is 0 Å². The molecular weight excluding hydrogens is 471 g/mol. The first-order chi connectivity index (χ1) is 16.4. The molecule has 1 fully saturated rings. The molecule has 0 unspecified atom stereocenters. The van der Waals surface area contributed by atoms with Gasteiger partial charge in [0, 0.05) is 28.9 Å². The van der Waals surface area contributed by atoms with E-state index >= 15 is 0 Å². The third-order valence-electron chi connectivity index (χ3n) is 6.31. The highest BCUT2D eigenvalue weighted by Crippen LogP contribution is 2.25. The molecule has 0 bridgehead atoms. The fourth-order valence-electron chi connectivity index (χ4n) is 4.46. The van der Waals surface area contributed by atoms with E-state index in [4.69, 9.17) is 11.6 Å². The zero-order valence-corrected chi connectivity index (χ0v) is 21.6. The molecule has 184 valence electrons. The van der Waals surface area contributed by atoms with Gasteiger partial charge in [-0.1, -0.05) is 73.7 Å². The number of halogens is 2. The Morgan fingerprint density at radius 3 is 2.59 bits per heavy atom. The minimum absolute atomic E-state index is 0.0856. The lowest BCUT2D eigenvalue weighted by atomic mass is 9.95. The number of aryl methyl sites for hydroxylation is 1. The SMILES string of the molecule is CC[C@H](C(=O)NC1CCCCC1)N(Cc1cccc(C)c1)C(=O)CSCc1c(F)cccc1Cl. The Hall–Kier alpha value is -2.05. The van der Waals surface area contributed by atoms with Gasteiger partial charge >= 0.3 is 0 Å². The number of rotatable bonds is 10. The highest BCUT2D eigenvalue weighted by Gasteiger charge is 2.30. The van der Waals surface area contributed by atoms with Gasteiger partial charge in [0.2, 0.25) is 11.8 Å². The quantitative estimate of drug-likeness (QED) is 0.414. The molecule has 0 spiro atoms. The van der Waals surface area contributed by atoms with Crippen LogP contribution in [0.15, 0.2) is 42.5 Å². The number of amides is 2. The molecule has 7 heteroatoms. The summed E-state index contributed by atoms with van der Waals surface area (Å²) in [5.41, 5.74) is 2.49. The maximum absolute atomic E-state index is 14.1. The first-order valence-corrected chi connectivity index (χ1v) is 13.6. The molecule has 1 N–H and O–H groups in total. The van der Waals surface area contributed by atoms with Gasteiger partial charge in [-0.2, -0.15) is 0 Å². The molecule has 0 aliphatic heterocycles. The van der Waals surface area contributed by atoms with Gasteiger partial charge in [-0.15, -0.1) is 11.8 Å². The van der Waals surface area contributed by atoms with Crippen LogP contribution in [0, 0.1) is 12.7 Å². The first-order valence-electron chi connectivity index (χ1n) is 12.0. The second-order valence-corrected chi connectivity index (χ2v) is 10.4. The topological polar surface area (TPSA) is 49.4 Å². The maximum Gasteiger partial charge on any atom is 0.243 e. The lowest BCUT2D eigenvalue weighted by Gasteiger charge is -2.33. The molecule has 1 saturated carbocycles. The second-order valence-electron chi connectivity index (χ2n) is 8.97. The number of carbonyl (C=O) groups excluding carboxylic acids is 2. The van der Waals surface area contributed by atoms with E-state index in [0.717, 1.165) is 36.8 Å². The Balaban J connectivity index is 1.72. The van der Waals surface area contributed by atoms with E-state index in [1.165, 1.54) is 24.2 Å². The van der Waals surface area contributed by atoms with Gasteiger partial charge in [-0.3, -0.25) is 9.59 Å². The van der Waals surface area contributed by atoms with Crippen LogP contribution < -0.4 is 5.32 Å². The van der Waals surface area contributed by atoms with Crippen molar-refractivity contribution in [1.29, 1.82) is 0 Å². The molecule has 2 aromatic rings. The van der Waals surface area contributed by atoms with Gasteiger partial charge < -0.3 is 10.2 Å². The van der Waals surface area contributed by atoms with Crippen LogP contribution in [0.25, 0.3) is 0 Å². The highest BCUT2D eigenvalue weighted by molar-refractivity contribution is 7.99. The van der Waals surface area contributed by atoms with E-state index in [9.17, 15) is 14.0 Å². The van der Waals surface area contributed by atoms with Crippen molar-refractivity contribution in [3.8, 4) is 0 Å². The van der Waals surface area contributed by atoms with Crippen LogP contribution in [0.5, 0.6) is 0 Å². The first kappa shape index (κ1) is 26.6. The Bertz CT molecular complexity index is 961. The molecule has 2 aromatic carbocycles. The van der Waals surface area contributed by atoms with Gasteiger partial charge in [-0.05, 0) is 43.9 Å². The van der Waals surface area contributed by atoms with Crippen molar-refractivity contribution in [3.05, 3.63) is 70.0 Å². The third kappa shape index (κ3) is 7.47. The van der Waals surface area contributed by atoms with E-state index in [-0.39, 0.29) is 29.4 Å². The summed E-state index contributed by atoms with van der Waals surface area (Å²) in [7, 11) is 0. The largest absolute Gasteiger partial charge is 0.352 e. The summed E-state index contributed by atoms with van der Waals surface area (Å²) in [6.45, 7) is 4.31. The fraction of sp³-hybridized carbons (Fsp3) is 0.481. The van der Waals surface area contributed by atoms with Crippen molar-refractivity contribution in [2.45, 2.75) is 76.8 Å². The van der Waals surface area contributed by atoms with Crippen molar-refractivity contribution >= 4 is 35.2 Å². The molecule has 2 amide bonds. The number of nitrogens with one attached hydrogen (secondary N) is 1. The van der Waals surface area contributed by atoms with Crippen LogP contribution in [0.1, 0.15) is 62.1 Å². The minimum atomic E-state index is -0.549. The van der Waals surface area contributed by atoms with E-state index in [1.54, 1.807) is 17.0 Å². The summed E-state index contributed by atoms with van der Waals surface area (Å²) in [5.74, 6) is -0.158. The number of nitrogens with zero attached hydrogens (tertiary/aromatic N) is 1. The average molecular weight is 505 g/mol. The Labute approximate surface area is 211 Å². The molecule has 34 heavy (non-hydrogen) atoms. The number of hydrogen-bond acceptors (Lipinski definition) is 3. The number of benzene rings is 2. The van der Waals surface area contributed by atoms with Crippen molar-refractivity contribution in [2.75, 3.05) is 5.75 Å². The van der Waals surface area contributed by atoms with Gasteiger partial charge in [0.05, 0.1) is 5.75 Å². The number of carbonyl (C=O) groups is 2. The van der Waals surface area contributed by atoms with E-state index in [0.29, 0.717) is 29.3 Å². The molecule has 1 aliphatic rings. The molecular formula is C27H34ClFN2O2S. The normalized spacial score (nSPS) is 15.1. The predicted octanol–water partition coefficient (Wildman–Crippen LogP) is 6.28. The van der Waals surface area contributed by atoms with Crippen LogP contribution in [0.2, 0.25) is 5.02 Å². The Kier molecular flexibility index (Phi) is 10.3. The zero-order valence-electron chi connectivity index (χ0n) is 20.0. The van der Waals surface area contributed by atoms with Crippen LogP contribution in [0.3, 0.4) is 0 Å². The zero-order chi connectivity index (χ0) is 24.5. The van der Waals surface area contributed by atoms with E-state index < -0.39 is 6.04 Å². The van der Waals surface area contributed by atoms with E-state index in [1.807, 2.05) is 38.1 Å². The second kappa shape index (κ2) is 13.1. The standard InChI is InChI=1S/C27H34ClFN2O2S/c1-3-25(27(33)30-21-11-5-4-6-12-21)31(16-20-10-7-9-19(2)15-20)26(32)18-34-17-22-23(28)13-8-14-24(22)29/h7-10,13-15,21,25H,3-6,11-12,16-18H2,1-2H3,(H,30,33)/t25-/m1/s1. The van der Waals surface area contributed by atoms with Gasteiger partial charge in [0.25, 0.3) is 0 Å². The highest BCUT2D eigenvalue weighted by atomic mass is 35.5. The predicted molar refractivity (Wildman–Crippen MR) is 138 cm³/mol. The summed E-state index contributed by atoms with van der Waals surface area (Å²) in [4.78, 5) is 28.3. The molecule has 0 heterocycles. The molecule has 0 radical (unpaired) electrons. The molecule has 1 atom stereocenters. The Morgan fingerprint density at radius 2 is 1.91 bits per heavy atom. The minimum Gasteiger partial charge on any atom is -0.352 e. The fourth-order valence-corrected chi connectivity index (χ4v) is 5.71.